The molecule has 0 aliphatic rings. The minimum absolute atomic E-state index is 0. The summed E-state index contributed by atoms with van der Waals surface area (Å²) in [6, 6.07) is 12.4. The topological polar surface area (TPSA) is 54.2 Å². The van der Waals surface area contributed by atoms with Gasteiger partial charge in [0.1, 0.15) is 0 Å². The van der Waals surface area contributed by atoms with E-state index in [-0.39, 0.29) is 24.0 Å². The monoisotopic (exact) mass is 473 g/mol. The number of hydrogen-bond acceptors (Lipinski definition) is 3. The second-order valence-electron chi connectivity index (χ2n) is 5.91. The van der Waals surface area contributed by atoms with Gasteiger partial charge in [-0.2, -0.15) is 5.10 Å². The van der Waals surface area contributed by atoms with Crippen LogP contribution in [0, 0.1) is 5.92 Å². The first kappa shape index (κ1) is 21.8. The van der Waals surface area contributed by atoms with E-state index in [4.69, 9.17) is 0 Å². The molecule has 138 valence electrons. The van der Waals surface area contributed by atoms with Crippen LogP contribution < -0.4 is 10.6 Å². The van der Waals surface area contributed by atoms with Crippen LogP contribution >= 0.6 is 35.7 Å². The van der Waals surface area contributed by atoms with Crippen LogP contribution in [0.1, 0.15) is 13.8 Å². The third-order valence-electron chi connectivity index (χ3n) is 3.54. The highest BCUT2D eigenvalue weighted by Gasteiger charge is 2.08. The highest BCUT2D eigenvalue weighted by Crippen LogP contribution is 2.21. The van der Waals surface area contributed by atoms with E-state index in [2.05, 4.69) is 58.8 Å². The standard InChI is InChI=1S/C18H27N5S.HI/c1-15(14-23-11-7-10-22-23)12-20-18(19-3)21-13-16(2)24-17-8-5-4-6-9-17;/h4-11,15-16H,12-14H2,1-3H3,(H2,19,20,21);1H. The van der Waals surface area contributed by atoms with Crippen molar-refractivity contribution in [1.29, 1.82) is 0 Å². The molecule has 7 heteroatoms. The fraction of sp³-hybridized carbons (Fsp3) is 0.444. The number of guanidine groups is 1. The zero-order valence-corrected chi connectivity index (χ0v) is 18.2. The quantitative estimate of drug-likeness (QED) is 0.267. The summed E-state index contributed by atoms with van der Waals surface area (Å²) >= 11 is 1.87. The Balaban J connectivity index is 0.00000312. The zero-order chi connectivity index (χ0) is 17.2. The van der Waals surface area contributed by atoms with Crippen molar-refractivity contribution < 1.29 is 0 Å². The number of benzene rings is 1. The van der Waals surface area contributed by atoms with Crippen molar-refractivity contribution in [3.63, 3.8) is 0 Å². The minimum Gasteiger partial charge on any atom is -0.356 e. The molecule has 5 nitrogen and oxygen atoms in total. The lowest BCUT2D eigenvalue weighted by molar-refractivity contribution is 0.443. The predicted octanol–water partition coefficient (Wildman–Crippen LogP) is 3.48. The Labute approximate surface area is 172 Å². The third-order valence-corrected chi connectivity index (χ3v) is 4.65. The molecule has 0 aliphatic carbocycles. The molecule has 25 heavy (non-hydrogen) atoms. The number of hydrogen-bond donors (Lipinski definition) is 2. The maximum absolute atomic E-state index is 4.30. The van der Waals surface area contributed by atoms with Crippen LogP contribution in [0.3, 0.4) is 0 Å². The number of nitrogens with zero attached hydrogens (tertiary/aromatic N) is 3. The second-order valence-corrected chi connectivity index (χ2v) is 7.42. The number of halogens is 1. The van der Waals surface area contributed by atoms with E-state index >= 15 is 0 Å². The molecule has 2 unspecified atom stereocenters. The smallest absolute Gasteiger partial charge is 0.191 e. The van der Waals surface area contributed by atoms with Crippen LogP contribution in [-0.2, 0) is 6.54 Å². The van der Waals surface area contributed by atoms with Crippen LogP contribution in [0.2, 0.25) is 0 Å². The molecule has 0 aliphatic heterocycles. The summed E-state index contributed by atoms with van der Waals surface area (Å²) in [6.45, 7) is 7.05. The Morgan fingerprint density at radius 1 is 1.16 bits per heavy atom. The Hall–Kier alpha value is -1.22. The van der Waals surface area contributed by atoms with E-state index in [9.17, 15) is 0 Å². The van der Waals surface area contributed by atoms with E-state index in [1.165, 1.54) is 4.90 Å². The molecule has 2 atom stereocenters. The molecule has 0 fully saturated rings. The number of aliphatic imine (C=N–C) groups is 1. The van der Waals surface area contributed by atoms with E-state index in [0.717, 1.165) is 25.6 Å². The fourth-order valence-electron chi connectivity index (χ4n) is 2.30. The summed E-state index contributed by atoms with van der Waals surface area (Å²) < 4.78 is 1.96. The van der Waals surface area contributed by atoms with Gasteiger partial charge in [0, 0.05) is 49.2 Å². The molecular weight excluding hydrogens is 445 g/mol. The summed E-state index contributed by atoms with van der Waals surface area (Å²) in [5.74, 6) is 1.32. The van der Waals surface area contributed by atoms with Gasteiger partial charge < -0.3 is 10.6 Å². The van der Waals surface area contributed by atoms with Crippen molar-refractivity contribution in [2.45, 2.75) is 30.5 Å². The largest absolute Gasteiger partial charge is 0.356 e. The summed E-state index contributed by atoms with van der Waals surface area (Å²) in [5, 5.41) is 11.5. The van der Waals surface area contributed by atoms with Crippen molar-refractivity contribution in [3.8, 4) is 0 Å². The van der Waals surface area contributed by atoms with Gasteiger partial charge in [0.25, 0.3) is 0 Å². The van der Waals surface area contributed by atoms with Gasteiger partial charge in [0.15, 0.2) is 5.96 Å². The van der Waals surface area contributed by atoms with E-state index in [1.807, 2.05) is 48.0 Å². The average molecular weight is 473 g/mol. The van der Waals surface area contributed by atoms with Gasteiger partial charge in [-0.3, -0.25) is 9.67 Å². The Kier molecular flexibility index (Phi) is 10.6. The van der Waals surface area contributed by atoms with Crippen LogP contribution in [0.15, 0.2) is 58.7 Å². The molecule has 2 aromatic rings. The van der Waals surface area contributed by atoms with E-state index in [1.54, 1.807) is 0 Å². The number of aromatic nitrogens is 2. The van der Waals surface area contributed by atoms with Crippen molar-refractivity contribution in [3.05, 3.63) is 48.8 Å². The highest BCUT2D eigenvalue weighted by atomic mass is 127. The predicted molar refractivity (Wildman–Crippen MR) is 118 cm³/mol. The lowest BCUT2D eigenvalue weighted by Crippen LogP contribution is -2.42. The second kappa shape index (κ2) is 12.2. The molecule has 0 bridgehead atoms. The fourth-order valence-corrected chi connectivity index (χ4v) is 3.24. The molecule has 0 spiro atoms. The summed E-state index contributed by atoms with van der Waals surface area (Å²) in [6.07, 6.45) is 3.80. The van der Waals surface area contributed by atoms with Gasteiger partial charge in [0.2, 0.25) is 0 Å². The molecule has 2 N–H and O–H groups in total. The zero-order valence-electron chi connectivity index (χ0n) is 15.1. The molecule has 0 saturated heterocycles. The van der Waals surface area contributed by atoms with E-state index in [0.29, 0.717) is 11.2 Å². The van der Waals surface area contributed by atoms with E-state index < -0.39 is 0 Å². The summed E-state index contributed by atoms with van der Waals surface area (Å²) in [5.41, 5.74) is 0. The highest BCUT2D eigenvalue weighted by molar-refractivity contribution is 14.0. The van der Waals surface area contributed by atoms with Crippen LogP contribution in [0.5, 0.6) is 0 Å². The number of nitrogens with one attached hydrogen (secondary N) is 2. The normalized spacial score (nSPS) is 13.6. The van der Waals surface area contributed by atoms with Crippen LogP contribution in [0.4, 0.5) is 0 Å². The van der Waals surface area contributed by atoms with Gasteiger partial charge in [-0.15, -0.1) is 35.7 Å². The van der Waals surface area contributed by atoms with Gasteiger partial charge >= 0.3 is 0 Å². The molecule has 1 aromatic heterocycles. The molecule has 2 rings (SSSR count). The van der Waals surface area contributed by atoms with Crippen molar-refractivity contribution >= 4 is 41.7 Å². The summed E-state index contributed by atoms with van der Waals surface area (Å²) in [4.78, 5) is 5.59. The Morgan fingerprint density at radius 3 is 2.52 bits per heavy atom. The first-order valence-electron chi connectivity index (χ1n) is 8.31. The molecule has 1 heterocycles. The van der Waals surface area contributed by atoms with Crippen molar-refractivity contribution in [1.82, 2.24) is 20.4 Å². The third kappa shape index (κ3) is 8.62. The first-order valence-corrected chi connectivity index (χ1v) is 9.19. The number of rotatable bonds is 8. The first-order chi connectivity index (χ1) is 11.7. The van der Waals surface area contributed by atoms with Crippen molar-refractivity contribution in [2.75, 3.05) is 20.1 Å². The van der Waals surface area contributed by atoms with Crippen molar-refractivity contribution in [2.24, 2.45) is 10.9 Å². The van der Waals surface area contributed by atoms with Gasteiger partial charge in [-0.25, -0.2) is 0 Å². The maximum Gasteiger partial charge on any atom is 0.191 e. The summed E-state index contributed by atoms with van der Waals surface area (Å²) in [7, 11) is 1.81. The Bertz CT molecular complexity index is 603. The average Bonchev–Trinajstić information content (AvgIpc) is 3.09. The SMILES string of the molecule is CN=C(NCC(C)Cn1cccn1)NCC(C)Sc1ccccc1.I. The van der Waals surface area contributed by atoms with Crippen LogP contribution in [0.25, 0.3) is 0 Å². The molecule has 1 aromatic carbocycles. The molecular formula is C18H28IN5S. The molecule has 0 saturated carbocycles. The minimum atomic E-state index is 0. The van der Waals surface area contributed by atoms with Gasteiger partial charge in [0.05, 0.1) is 0 Å². The lowest BCUT2D eigenvalue weighted by Gasteiger charge is -2.18. The molecule has 0 amide bonds. The van der Waals surface area contributed by atoms with Crippen LogP contribution in [-0.4, -0.2) is 41.1 Å². The van der Waals surface area contributed by atoms with Gasteiger partial charge in [-0.1, -0.05) is 32.0 Å². The molecule has 0 radical (unpaired) electrons. The van der Waals surface area contributed by atoms with Gasteiger partial charge in [-0.05, 0) is 24.1 Å². The maximum atomic E-state index is 4.30. The number of thioether (sulfide) groups is 1. The lowest BCUT2D eigenvalue weighted by atomic mass is 10.2. The Morgan fingerprint density at radius 2 is 1.88 bits per heavy atom.